The molecule has 3 rings (SSSR count). The van der Waals surface area contributed by atoms with E-state index in [0.717, 1.165) is 18.9 Å². The fourth-order valence-corrected chi connectivity index (χ4v) is 3.43. The number of ether oxygens (including phenoxy) is 1. The van der Waals surface area contributed by atoms with E-state index in [1.807, 2.05) is 4.90 Å². The number of para-hydroxylation sites is 1. The van der Waals surface area contributed by atoms with Crippen LogP contribution in [0.3, 0.4) is 0 Å². The number of halogens is 3. The Kier molecular flexibility index (Phi) is 6.14. The van der Waals surface area contributed by atoms with Crippen molar-refractivity contribution in [2.24, 2.45) is 0 Å². The maximum Gasteiger partial charge on any atom is 0.573 e. The standard InChI is InChI=1S/C20H20F3N3O4/c1-24(13-15-6-2-3-7-18(15)30-20(21,22)23)19(27)14-8-9-16(17(12-14)26(28)29)25-10-4-5-11-25/h2-3,6-9,12H,4-5,10-11,13H2,1H3. The molecule has 1 heterocycles. The summed E-state index contributed by atoms with van der Waals surface area (Å²) in [7, 11) is 1.41. The Balaban J connectivity index is 1.81. The summed E-state index contributed by atoms with van der Waals surface area (Å²) < 4.78 is 41.8. The van der Waals surface area contributed by atoms with Crippen molar-refractivity contribution in [3.05, 3.63) is 63.7 Å². The molecule has 0 radical (unpaired) electrons. The van der Waals surface area contributed by atoms with Gasteiger partial charge in [-0.15, -0.1) is 13.2 Å². The Hall–Kier alpha value is -3.30. The van der Waals surface area contributed by atoms with E-state index in [9.17, 15) is 28.1 Å². The number of hydrogen-bond donors (Lipinski definition) is 0. The van der Waals surface area contributed by atoms with Gasteiger partial charge in [0.05, 0.1) is 4.92 Å². The number of carbonyl (C=O) groups is 1. The highest BCUT2D eigenvalue weighted by molar-refractivity contribution is 5.95. The van der Waals surface area contributed by atoms with Gasteiger partial charge in [-0.05, 0) is 31.0 Å². The minimum atomic E-state index is -4.86. The van der Waals surface area contributed by atoms with Gasteiger partial charge in [0.1, 0.15) is 11.4 Å². The van der Waals surface area contributed by atoms with E-state index in [0.29, 0.717) is 18.8 Å². The third-order valence-electron chi connectivity index (χ3n) is 4.82. The number of nitrogens with zero attached hydrogens (tertiary/aromatic N) is 3. The highest BCUT2D eigenvalue weighted by atomic mass is 19.4. The molecule has 0 unspecified atom stereocenters. The first-order valence-electron chi connectivity index (χ1n) is 9.28. The van der Waals surface area contributed by atoms with Crippen LogP contribution in [0.25, 0.3) is 0 Å². The van der Waals surface area contributed by atoms with Crippen molar-refractivity contribution in [3.8, 4) is 5.75 Å². The van der Waals surface area contributed by atoms with Gasteiger partial charge in [0.25, 0.3) is 11.6 Å². The van der Waals surface area contributed by atoms with Gasteiger partial charge >= 0.3 is 6.36 Å². The first-order chi connectivity index (χ1) is 14.2. The summed E-state index contributed by atoms with van der Waals surface area (Å²) in [4.78, 5) is 26.9. The number of amides is 1. The highest BCUT2D eigenvalue weighted by Crippen LogP contribution is 2.32. The molecular formula is C20H20F3N3O4. The number of alkyl halides is 3. The minimum absolute atomic E-state index is 0.0846. The summed E-state index contributed by atoms with van der Waals surface area (Å²) in [5, 5.41) is 11.5. The second-order valence-electron chi connectivity index (χ2n) is 6.97. The summed E-state index contributed by atoms with van der Waals surface area (Å²) >= 11 is 0. The normalized spacial score (nSPS) is 13.9. The largest absolute Gasteiger partial charge is 0.573 e. The molecule has 1 aliphatic rings. The van der Waals surface area contributed by atoms with Gasteiger partial charge in [-0.3, -0.25) is 14.9 Å². The van der Waals surface area contributed by atoms with Crippen molar-refractivity contribution >= 4 is 17.3 Å². The fraction of sp³-hybridized carbons (Fsp3) is 0.350. The molecule has 1 fully saturated rings. The maximum atomic E-state index is 12.8. The Bertz CT molecular complexity index is 943. The first kappa shape index (κ1) is 21.4. The van der Waals surface area contributed by atoms with Crippen LogP contribution in [-0.2, 0) is 6.54 Å². The van der Waals surface area contributed by atoms with Crippen LogP contribution in [0.4, 0.5) is 24.5 Å². The predicted molar refractivity (Wildman–Crippen MR) is 103 cm³/mol. The van der Waals surface area contributed by atoms with Gasteiger partial charge in [-0.2, -0.15) is 0 Å². The molecule has 10 heteroatoms. The zero-order chi connectivity index (χ0) is 21.9. The monoisotopic (exact) mass is 423 g/mol. The lowest BCUT2D eigenvalue weighted by Gasteiger charge is -2.21. The van der Waals surface area contributed by atoms with Crippen LogP contribution in [0, 0.1) is 10.1 Å². The van der Waals surface area contributed by atoms with Gasteiger partial charge in [0, 0.05) is 43.9 Å². The Morgan fingerprint density at radius 1 is 1.20 bits per heavy atom. The smallest absolute Gasteiger partial charge is 0.405 e. The summed E-state index contributed by atoms with van der Waals surface area (Å²) in [6, 6.07) is 9.77. The van der Waals surface area contributed by atoms with Gasteiger partial charge < -0.3 is 14.5 Å². The van der Waals surface area contributed by atoms with Gasteiger partial charge in [0.15, 0.2) is 0 Å². The quantitative estimate of drug-likeness (QED) is 0.510. The molecule has 2 aromatic rings. The number of nitro groups is 1. The molecule has 1 amide bonds. The third-order valence-corrected chi connectivity index (χ3v) is 4.82. The second kappa shape index (κ2) is 8.60. The molecule has 0 saturated carbocycles. The lowest BCUT2D eigenvalue weighted by atomic mass is 10.1. The molecule has 0 bridgehead atoms. The van der Waals surface area contributed by atoms with Crippen LogP contribution in [0.15, 0.2) is 42.5 Å². The summed E-state index contributed by atoms with van der Waals surface area (Å²) in [5.74, 6) is -0.951. The third kappa shape index (κ3) is 5.00. The van der Waals surface area contributed by atoms with Crippen LogP contribution in [0.5, 0.6) is 5.75 Å². The zero-order valence-corrected chi connectivity index (χ0v) is 16.2. The maximum absolute atomic E-state index is 12.8. The number of anilines is 1. The van der Waals surface area contributed by atoms with Gasteiger partial charge in [-0.1, -0.05) is 18.2 Å². The van der Waals surface area contributed by atoms with E-state index in [-0.39, 0.29) is 23.4 Å². The van der Waals surface area contributed by atoms with E-state index >= 15 is 0 Å². The Morgan fingerprint density at radius 3 is 2.50 bits per heavy atom. The van der Waals surface area contributed by atoms with Crippen LogP contribution in [-0.4, -0.2) is 42.2 Å². The van der Waals surface area contributed by atoms with Crippen molar-refractivity contribution in [2.45, 2.75) is 25.7 Å². The number of benzene rings is 2. The summed E-state index contributed by atoms with van der Waals surface area (Å²) in [5.41, 5.74) is 0.535. The zero-order valence-electron chi connectivity index (χ0n) is 16.2. The van der Waals surface area contributed by atoms with E-state index in [2.05, 4.69) is 4.74 Å². The van der Waals surface area contributed by atoms with E-state index in [4.69, 9.17) is 0 Å². The van der Waals surface area contributed by atoms with Gasteiger partial charge in [0.2, 0.25) is 0 Å². The van der Waals surface area contributed by atoms with E-state index in [1.54, 1.807) is 6.07 Å². The van der Waals surface area contributed by atoms with Crippen LogP contribution < -0.4 is 9.64 Å². The van der Waals surface area contributed by atoms with Crippen LogP contribution in [0.2, 0.25) is 0 Å². The second-order valence-corrected chi connectivity index (χ2v) is 6.97. The molecule has 0 atom stereocenters. The van der Waals surface area contributed by atoms with Crippen LogP contribution in [0.1, 0.15) is 28.8 Å². The van der Waals surface area contributed by atoms with Gasteiger partial charge in [-0.25, -0.2) is 0 Å². The lowest BCUT2D eigenvalue weighted by molar-refractivity contribution is -0.384. The minimum Gasteiger partial charge on any atom is -0.405 e. The van der Waals surface area contributed by atoms with Crippen molar-refractivity contribution in [1.82, 2.24) is 4.90 Å². The molecule has 0 aliphatic carbocycles. The number of carbonyl (C=O) groups excluding carboxylic acids is 1. The summed E-state index contributed by atoms with van der Waals surface area (Å²) in [6.45, 7) is 1.26. The average Bonchev–Trinajstić information content (AvgIpc) is 3.22. The average molecular weight is 423 g/mol. The highest BCUT2D eigenvalue weighted by Gasteiger charge is 2.32. The SMILES string of the molecule is CN(Cc1ccccc1OC(F)(F)F)C(=O)c1ccc(N2CCCC2)c([N+](=O)[O-])c1. The van der Waals surface area contributed by atoms with E-state index < -0.39 is 22.9 Å². The van der Waals surface area contributed by atoms with Crippen LogP contribution >= 0.6 is 0 Å². The van der Waals surface area contributed by atoms with Crippen molar-refractivity contribution < 1.29 is 27.6 Å². The lowest BCUT2D eigenvalue weighted by Crippen LogP contribution is -2.27. The number of nitro benzene ring substituents is 1. The fourth-order valence-electron chi connectivity index (χ4n) is 3.43. The molecular weight excluding hydrogens is 403 g/mol. The van der Waals surface area contributed by atoms with Crippen molar-refractivity contribution in [1.29, 1.82) is 0 Å². The molecule has 1 saturated heterocycles. The number of rotatable bonds is 6. The van der Waals surface area contributed by atoms with Crippen molar-refractivity contribution in [2.75, 3.05) is 25.0 Å². The topological polar surface area (TPSA) is 75.9 Å². The molecule has 0 aromatic heterocycles. The Labute approximate surface area is 170 Å². The molecule has 0 N–H and O–H groups in total. The summed E-state index contributed by atoms with van der Waals surface area (Å²) in [6.07, 6.45) is -2.97. The molecule has 30 heavy (non-hydrogen) atoms. The van der Waals surface area contributed by atoms with Crippen molar-refractivity contribution in [3.63, 3.8) is 0 Å². The molecule has 7 nitrogen and oxygen atoms in total. The number of hydrogen-bond acceptors (Lipinski definition) is 5. The molecule has 2 aromatic carbocycles. The predicted octanol–water partition coefficient (Wildman–Crippen LogP) is 4.37. The Morgan fingerprint density at radius 2 is 1.87 bits per heavy atom. The molecule has 160 valence electrons. The van der Waals surface area contributed by atoms with E-state index in [1.165, 1.54) is 42.3 Å². The molecule has 1 aliphatic heterocycles. The molecule has 0 spiro atoms. The first-order valence-corrected chi connectivity index (χ1v) is 9.28.